The van der Waals surface area contributed by atoms with Gasteiger partial charge in [-0.1, -0.05) is 0 Å². The van der Waals surface area contributed by atoms with E-state index >= 15 is 0 Å². The summed E-state index contributed by atoms with van der Waals surface area (Å²) in [6.45, 7) is 2.17. The van der Waals surface area contributed by atoms with E-state index < -0.39 is 0 Å². The molecule has 0 aliphatic carbocycles. The van der Waals surface area contributed by atoms with Crippen molar-refractivity contribution in [2.45, 2.75) is 16.7 Å². The fourth-order valence-corrected chi connectivity index (χ4v) is 2.54. The number of aromatic nitrogens is 2. The van der Waals surface area contributed by atoms with Crippen molar-refractivity contribution in [3.05, 3.63) is 17.5 Å². The normalized spacial score (nSPS) is 22.1. The van der Waals surface area contributed by atoms with Gasteiger partial charge in [0.05, 0.1) is 0 Å². The third-order valence-corrected chi connectivity index (χ3v) is 3.29. The lowest BCUT2D eigenvalue weighted by atomic mass is 10.4. The number of hydrogen-bond acceptors (Lipinski definition) is 4. The zero-order valence-electron chi connectivity index (χ0n) is 7.03. The van der Waals surface area contributed by atoms with Crippen molar-refractivity contribution >= 4 is 23.4 Å². The van der Waals surface area contributed by atoms with Gasteiger partial charge >= 0.3 is 0 Å². The molecule has 0 amide bonds. The first-order chi connectivity index (χ1) is 6.34. The fourth-order valence-electron chi connectivity index (χ4n) is 1.28. The molecule has 1 aliphatic heterocycles. The van der Waals surface area contributed by atoms with Crippen molar-refractivity contribution in [2.75, 3.05) is 13.1 Å². The minimum absolute atomic E-state index is 0.330. The summed E-state index contributed by atoms with van der Waals surface area (Å²) in [6, 6.07) is 1.90. The minimum atomic E-state index is 0.330. The van der Waals surface area contributed by atoms with E-state index in [0.717, 1.165) is 18.1 Å². The van der Waals surface area contributed by atoms with Gasteiger partial charge in [-0.05, 0) is 30.6 Å². The first-order valence-electron chi connectivity index (χ1n) is 4.20. The number of thioether (sulfide) groups is 1. The van der Waals surface area contributed by atoms with Gasteiger partial charge in [0.25, 0.3) is 0 Å². The van der Waals surface area contributed by atoms with Crippen LogP contribution in [0.3, 0.4) is 0 Å². The number of halogens is 1. The minimum Gasteiger partial charge on any atom is -0.316 e. The second-order valence-corrected chi connectivity index (χ2v) is 4.56. The van der Waals surface area contributed by atoms with Gasteiger partial charge in [0.2, 0.25) is 5.28 Å². The first-order valence-corrected chi connectivity index (χ1v) is 5.46. The first kappa shape index (κ1) is 9.24. The second kappa shape index (κ2) is 4.26. The summed E-state index contributed by atoms with van der Waals surface area (Å²) < 4.78 is 0. The Kier molecular flexibility index (Phi) is 3.03. The van der Waals surface area contributed by atoms with E-state index in [9.17, 15) is 0 Å². The molecule has 0 aromatic carbocycles. The number of nitrogens with zero attached hydrogens (tertiary/aromatic N) is 2. The number of rotatable bonds is 2. The average Bonchev–Trinajstić information content (AvgIpc) is 2.57. The second-order valence-electron chi connectivity index (χ2n) is 2.90. The fraction of sp³-hybridized carbons (Fsp3) is 0.500. The van der Waals surface area contributed by atoms with E-state index in [0.29, 0.717) is 10.5 Å². The topological polar surface area (TPSA) is 37.8 Å². The molecule has 1 aromatic rings. The Balaban J connectivity index is 2.00. The number of nitrogens with one attached hydrogen (secondary N) is 1. The number of hydrogen-bond donors (Lipinski definition) is 1. The van der Waals surface area contributed by atoms with Crippen molar-refractivity contribution in [1.82, 2.24) is 15.3 Å². The van der Waals surface area contributed by atoms with E-state index in [-0.39, 0.29) is 0 Å². The summed E-state index contributed by atoms with van der Waals surface area (Å²) >= 11 is 7.45. The van der Waals surface area contributed by atoms with Crippen LogP contribution in [0, 0.1) is 0 Å². The molecule has 0 spiro atoms. The van der Waals surface area contributed by atoms with Gasteiger partial charge in [0.15, 0.2) is 0 Å². The van der Waals surface area contributed by atoms with Gasteiger partial charge in [-0.15, -0.1) is 11.8 Å². The molecule has 0 saturated carbocycles. The molecule has 1 aliphatic rings. The molecule has 0 radical (unpaired) electrons. The van der Waals surface area contributed by atoms with Crippen molar-refractivity contribution < 1.29 is 0 Å². The molecule has 13 heavy (non-hydrogen) atoms. The van der Waals surface area contributed by atoms with Gasteiger partial charge in [-0.25, -0.2) is 9.97 Å². The SMILES string of the molecule is Clc1nccc(S[C@H]2CCNC2)n1. The van der Waals surface area contributed by atoms with Gasteiger partial charge < -0.3 is 5.32 Å². The molecule has 1 atom stereocenters. The van der Waals surface area contributed by atoms with Gasteiger partial charge in [0.1, 0.15) is 5.03 Å². The van der Waals surface area contributed by atoms with Crippen molar-refractivity contribution in [3.8, 4) is 0 Å². The largest absolute Gasteiger partial charge is 0.316 e. The summed E-state index contributed by atoms with van der Waals surface area (Å²) in [4.78, 5) is 7.97. The zero-order valence-corrected chi connectivity index (χ0v) is 8.61. The molecule has 1 fully saturated rings. The maximum atomic E-state index is 5.68. The monoisotopic (exact) mass is 215 g/mol. The maximum absolute atomic E-state index is 5.68. The Labute approximate surface area is 86.3 Å². The van der Waals surface area contributed by atoms with E-state index in [4.69, 9.17) is 11.6 Å². The summed E-state index contributed by atoms with van der Waals surface area (Å²) in [5, 5.41) is 5.24. The van der Waals surface area contributed by atoms with Crippen LogP contribution in [0.2, 0.25) is 5.28 Å². The molecule has 0 bridgehead atoms. The van der Waals surface area contributed by atoms with Crippen LogP contribution in [0.25, 0.3) is 0 Å². The van der Waals surface area contributed by atoms with Crippen LogP contribution in [0.15, 0.2) is 17.3 Å². The standard InChI is InChI=1S/C8H10ClN3S/c9-8-11-4-2-7(12-8)13-6-1-3-10-5-6/h2,4,6,10H,1,3,5H2/t6-/m0/s1. The smallest absolute Gasteiger partial charge is 0.223 e. The Hall–Kier alpha value is -0.320. The molecule has 5 heteroatoms. The zero-order chi connectivity index (χ0) is 9.10. The Morgan fingerprint density at radius 3 is 3.23 bits per heavy atom. The lowest BCUT2D eigenvalue weighted by Crippen LogP contribution is -2.10. The molecule has 70 valence electrons. The van der Waals surface area contributed by atoms with Crippen LogP contribution >= 0.6 is 23.4 Å². The molecule has 1 aromatic heterocycles. The van der Waals surface area contributed by atoms with Crippen molar-refractivity contribution in [1.29, 1.82) is 0 Å². The highest BCUT2D eigenvalue weighted by atomic mass is 35.5. The predicted octanol–water partition coefficient (Wildman–Crippen LogP) is 1.58. The highest BCUT2D eigenvalue weighted by Crippen LogP contribution is 2.25. The highest BCUT2D eigenvalue weighted by molar-refractivity contribution is 7.99. The van der Waals surface area contributed by atoms with Gasteiger partial charge in [-0.2, -0.15) is 0 Å². The Bertz CT molecular complexity index is 288. The third-order valence-electron chi connectivity index (χ3n) is 1.90. The van der Waals surface area contributed by atoms with Crippen molar-refractivity contribution in [2.24, 2.45) is 0 Å². The van der Waals surface area contributed by atoms with Crippen LogP contribution in [0.5, 0.6) is 0 Å². The molecule has 3 nitrogen and oxygen atoms in total. The van der Waals surface area contributed by atoms with E-state index in [1.165, 1.54) is 6.42 Å². The predicted molar refractivity (Wildman–Crippen MR) is 54.2 cm³/mol. The van der Waals surface area contributed by atoms with Crippen LogP contribution in [0.1, 0.15) is 6.42 Å². The van der Waals surface area contributed by atoms with Gasteiger partial charge in [-0.3, -0.25) is 0 Å². The molecular weight excluding hydrogens is 206 g/mol. The summed E-state index contributed by atoms with van der Waals surface area (Å²) in [7, 11) is 0. The lowest BCUT2D eigenvalue weighted by Gasteiger charge is -2.05. The van der Waals surface area contributed by atoms with Crippen LogP contribution in [0.4, 0.5) is 0 Å². The molecule has 2 rings (SSSR count). The molecular formula is C8H10ClN3S. The average molecular weight is 216 g/mol. The molecule has 2 heterocycles. The Morgan fingerprint density at radius 2 is 2.54 bits per heavy atom. The quantitative estimate of drug-likeness (QED) is 0.601. The van der Waals surface area contributed by atoms with E-state index in [1.54, 1.807) is 18.0 Å². The van der Waals surface area contributed by atoms with E-state index in [2.05, 4.69) is 15.3 Å². The highest BCUT2D eigenvalue weighted by Gasteiger charge is 2.16. The van der Waals surface area contributed by atoms with Gasteiger partial charge in [0, 0.05) is 18.0 Å². The lowest BCUT2D eigenvalue weighted by molar-refractivity contribution is 0.858. The molecule has 0 unspecified atom stereocenters. The van der Waals surface area contributed by atoms with Crippen LogP contribution in [-0.2, 0) is 0 Å². The summed E-state index contributed by atoms with van der Waals surface area (Å²) in [5.41, 5.74) is 0. The maximum Gasteiger partial charge on any atom is 0.223 e. The third kappa shape index (κ3) is 2.56. The van der Waals surface area contributed by atoms with Crippen molar-refractivity contribution in [3.63, 3.8) is 0 Å². The van der Waals surface area contributed by atoms with E-state index in [1.807, 2.05) is 6.07 Å². The summed E-state index contributed by atoms with van der Waals surface area (Å²) in [6.07, 6.45) is 2.90. The Morgan fingerprint density at radius 1 is 1.62 bits per heavy atom. The van der Waals surface area contributed by atoms with Crippen LogP contribution in [-0.4, -0.2) is 28.3 Å². The molecule has 1 saturated heterocycles. The molecule has 1 N–H and O–H groups in total. The van der Waals surface area contributed by atoms with Crippen LogP contribution < -0.4 is 5.32 Å². The summed E-state index contributed by atoms with van der Waals surface area (Å²) in [5.74, 6) is 0.